The fraction of sp³-hybridized carbons (Fsp3) is 0.636. The molecular weight excluding hydrogens is 160 g/mol. The zero-order valence-corrected chi connectivity index (χ0v) is 9.33. The third-order valence-corrected chi connectivity index (χ3v) is 1.55. The van der Waals surface area contributed by atoms with E-state index < -0.39 is 0 Å². The summed E-state index contributed by atoms with van der Waals surface area (Å²) in [6.07, 6.45) is 9.83. The summed E-state index contributed by atoms with van der Waals surface area (Å²) in [4.78, 5) is 4.31. The second-order valence-electron chi connectivity index (χ2n) is 3.70. The largest absolute Gasteiger partial charge is 0.306 e. The molecule has 0 amide bonds. The fourth-order valence-corrected chi connectivity index (χ4v) is 0.842. The lowest BCUT2D eigenvalue weighted by atomic mass is 10.3. The summed E-state index contributed by atoms with van der Waals surface area (Å²) in [6, 6.07) is 0. The molecule has 2 nitrogen and oxygen atoms in total. The molecule has 0 aliphatic carbocycles. The van der Waals surface area contributed by atoms with E-state index in [1.54, 1.807) is 0 Å². The second-order valence-corrected chi connectivity index (χ2v) is 3.70. The molecule has 0 saturated heterocycles. The molecule has 0 aliphatic heterocycles. The Bertz CT molecular complexity index is 139. The number of allylic oxidation sites excluding steroid dienone is 2. The lowest BCUT2D eigenvalue weighted by Crippen LogP contribution is -2.10. The van der Waals surface area contributed by atoms with Crippen LogP contribution in [-0.4, -0.2) is 51.1 Å². The van der Waals surface area contributed by atoms with E-state index in [1.165, 1.54) is 0 Å². The van der Waals surface area contributed by atoms with Gasteiger partial charge in [-0.1, -0.05) is 24.3 Å². The molecule has 0 N–H and O–H groups in total. The molecule has 0 rings (SSSR count). The first-order valence-electron chi connectivity index (χ1n) is 4.72. The van der Waals surface area contributed by atoms with Crippen LogP contribution in [0, 0.1) is 0 Å². The zero-order chi connectivity index (χ0) is 10.1. The molecule has 76 valence electrons. The molecule has 0 atom stereocenters. The van der Waals surface area contributed by atoms with E-state index >= 15 is 0 Å². The van der Waals surface area contributed by atoms with Crippen molar-refractivity contribution in [2.45, 2.75) is 6.42 Å². The highest BCUT2D eigenvalue weighted by molar-refractivity contribution is 4.94. The summed E-state index contributed by atoms with van der Waals surface area (Å²) < 4.78 is 0. The van der Waals surface area contributed by atoms with E-state index in [1.807, 2.05) is 0 Å². The van der Waals surface area contributed by atoms with Crippen molar-refractivity contribution >= 4 is 0 Å². The van der Waals surface area contributed by atoms with Crippen molar-refractivity contribution in [3.63, 3.8) is 0 Å². The van der Waals surface area contributed by atoms with Gasteiger partial charge >= 0.3 is 0 Å². The van der Waals surface area contributed by atoms with Crippen LogP contribution in [-0.2, 0) is 0 Å². The van der Waals surface area contributed by atoms with Gasteiger partial charge in [0.25, 0.3) is 0 Å². The van der Waals surface area contributed by atoms with Crippen molar-refractivity contribution in [1.29, 1.82) is 0 Å². The van der Waals surface area contributed by atoms with Gasteiger partial charge in [0.05, 0.1) is 0 Å². The summed E-state index contributed by atoms with van der Waals surface area (Å²) in [6.45, 7) is 2.06. The topological polar surface area (TPSA) is 6.48 Å². The quantitative estimate of drug-likeness (QED) is 0.576. The molecule has 13 heavy (non-hydrogen) atoms. The number of nitrogens with zero attached hydrogens (tertiary/aromatic N) is 2. The van der Waals surface area contributed by atoms with Crippen molar-refractivity contribution in [2.75, 3.05) is 41.3 Å². The fourth-order valence-electron chi connectivity index (χ4n) is 0.842. The highest BCUT2D eigenvalue weighted by atomic mass is 15.0. The van der Waals surface area contributed by atoms with Gasteiger partial charge in [0, 0.05) is 13.1 Å². The Morgan fingerprint density at radius 2 is 1.08 bits per heavy atom. The molecular formula is C11H22N2. The van der Waals surface area contributed by atoms with E-state index in [9.17, 15) is 0 Å². The summed E-state index contributed by atoms with van der Waals surface area (Å²) in [5.74, 6) is 0. The molecule has 0 aromatic rings. The molecule has 2 heteroatoms. The third-order valence-electron chi connectivity index (χ3n) is 1.55. The van der Waals surface area contributed by atoms with Crippen molar-refractivity contribution in [3.8, 4) is 0 Å². The number of likely N-dealkylation sites (N-methyl/N-ethyl adjacent to an activating group) is 2. The summed E-state index contributed by atoms with van der Waals surface area (Å²) in [5.41, 5.74) is 0. The van der Waals surface area contributed by atoms with Gasteiger partial charge in [0.2, 0.25) is 0 Å². The van der Waals surface area contributed by atoms with Crippen molar-refractivity contribution in [2.24, 2.45) is 0 Å². The maximum absolute atomic E-state index is 2.20. The maximum atomic E-state index is 2.20. The lowest BCUT2D eigenvalue weighted by Gasteiger charge is -2.03. The molecule has 0 heterocycles. The Labute approximate surface area is 82.5 Å². The second kappa shape index (κ2) is 8.02. The Morgan fingerprint density at radius 3 is 1.38 bits per heavy atom. The summed E-state index contributed by atoms with van der Waals surface area (Å²) >= 11 is 0. The van der Waals surface area contributed by atoms with Crippen LogP contribution in [0.1, 0.15) is 6.42 Å². The van der Waals surface area contributed by atoms with Crippen LogP contribution in [0.3, 0.4) is 0 Å². The van der Waals surface area contributed by atoms with Crippen LogP contribution >= 0.6 is 0 Å². The smallest absolute Gasteiger partial charge is 0.0157 e. The van der Waals surface area contributed by atoms with E-state index in [2.05, 4.69) is 62.3 Å². The van der Waals surface area contributed by atoms with Gasteiger partial charge in [-0.05, 0) is 34.6 Å². The molecule has 0 fully saturated rings. The highest BCUT2D eigenvalue weighted by Gasteiger charge is 1.81. The van der Waals surface area contributed by atoms with E-state index in [4.69, 9.17) is 0 Å². The average Bonchev–Trinajstić information content (AvgIpc) is 2.01. The predicted octanol–water partition coefficient (Wildman–Crippen LogP) is 1.61. The summed E-state index contributed by atoms with van der Waals surface area (Å²) in [5, 5.41) is 0. The zero-order valence-electron chi connectivity index (χ0n) is 9.33. The predicted molar refractivity (Wildman–Crippen MR) is 60.0 cm³/mol. The molecule has 0 aromatic carbocycles. The molecule has 0 bridgehead atoms. The minimum Gasteiger partial charge on any atom is -0.306 e. The first-order valence-corrected chi connectivity index (χ1v) is 4.72. The van der Waals surface area contributed by atoms with E-state index in [-0.39, 0.29) is 0 Å². The standard InChI is InChI=1S/C11H22N2/c1-12(2)10-8-6-5-7-9-11-13(3)4/h6-9H,5,10-11H2,1-4H3. The lowest BCUT2D eigenvalue weighted by molar-refractivity contribution is 0.455. The van der Waals surface area contributed by atoms with Crippen LogP contribution in [0.25, 0.3) is 0 Å². The maximum Gasteiger partial charge on any atom is 0.0157 e. The molecule has 0 saturated carbocycles. The van der Waals surface area contributed by atoms with Gasteiger partial charge in [-0.2, -0.15) is 0 Å². The minimum absolute atomic E-state index is 1.03. The average molecular weight is 182 g/mol. The van der Waals surface area contributed by atoms with Gasteiger partial charge in [-0.15, -0.1) is 0 Å². The summed E-state index contributed by atoms with van der Waals surface area (Å²) in [7, 11) is 8.30. The number of hydrogen-bond acceptors (Lipinski definition) is 2. The van der Waals surface area contributed by atoms with Crippen LogP contribution < -0.4 is 0 Å². The molecule has 0 aromatic heterocycles. The van der Waals surface area contributed by atoms with Crippen LogP contribution in [0.15, 0.2) is 24.3 Å². The minimum atomic E-state index is 1.03. The van der Waals surface area contributed by atoms with E-state index in [0.29, 0.717) is 0 Å². The van der Waals surface area contributed by atoms with Crippen LogP contribution in [0.5, 0.6) is 0 Å². The SMILES string of the molecule is CN(C)CC=CCC=CCN(C)C. The van der Waals surface area contributed by atoms with Crippen molar-refractivity contribution < 1.29 is 0 Å². The van der Waals surface area contributed by atoms with Gasteiger partial charge in [0.15, 0.2) is 0 Å². The molecule has 0 radical (unpaired) electrons. The van der Waals surface area contributed by atoms with Crippen LogP contribution in [0.2, 0.25) is 0 Å². The first kappa shape index (κ1) is 12.4. The molecule has 0 spiro atoms. The highest BCUT2D eigenvalue weighted by Crippen LogP contribution is 1.87. The van der Waals surface area contributed by atoms with Gasteiger partial charge < -0.3 is 9.80 Å². The Kier molecular flexibility index (Phi) is 7.65. The monoisotopic (exact) mass is 182 g/mol. The first-order chi connectivity index (χ1) is 6.13. The normalized spacial score (nSPS) is 12.8. The molecule has 0 unspecified atom stereocenters. The Morgan fingerprint density at radius 1 is 0.692 bits per heavy atom. The number of hydrogen-bond donors (Lipinski definition) is 0. The number of rotatable bonds is 6. The van der Waals surface area contributed by atoms with Crippen LogP contribution in [0.4, 0.5) is 0 Å². The Balaban J connectivity index is 3.33. The Hall–Kier alpha value is -0.600. The van der Waals surface area contributed by atoms with E-state index in [0.717, 1.165) is 19.5 Å². The van der Waals surface area contributed by atoms with Gasteiger partial charge in [-0.25, -0.2) is 0 Å². The molecule has 0 aliphatic rings. The van der Waals surface area contributed by atoms with Crippen molar-refractivity contribution in [3.05, 3.63) is 24.3 Å². The van der Waals surface area contributed by atoms with Crippen molar-refractivity contribution in [1.82, 2.24) is 9.80 Å². The van der Waals surface area contributed by atoms with Gasteiger partial charge in [-0.3, -0.25) is 0 Å². The third kappa shape index (κ3) is 11.4. The van der Waals surface area contributed by atoms with Gasteiger partial charge in [0.1, 0.15) is 0 Å².